The van der Waals surface area contributed by atoms with E-state index in [1.165, 1.54) is 37.6 Å². The number of amides is 2. The number of nitriles is 1. The Bertz CT molecular complexity index is 1750. The Hall–Kier alpha value is -5.41. The number of anilines is 2. The van der Waals surface area contributed by atoms with Crippen LogP contribution in [0.4, 0.5) is 20.7 Å². The van der Waals surface area contributed by atoms with Crippen molar-refractivity contribution in [1.29, 1.82) is 5.26 Å². The first-order valence-corrected chi connectivity index (χ1v) is 14.6. The van der Waals surface area contributed by atoms with E-state index in [1.54, 1.807) is 17.0 Å². The highest BCUT2D eigenvalue weighted by molar-refractivity contribution is 6.03. The zero-order valence-corrected chi connectivity index (χ0v) is 26.0. The minimum atomic E-state index is -0.594. The number of carbonyl (C=O) groups is 2. The molecular weight excluding hydrogens is 593 g/mol. The zero-order valence-electron chi connectivity index (χ0n) is 26.0. The van der Waals surface area contributed by atoms with E-state index in [2.05, 4.69) is 21.3 Å². The molecular formula is C34H34FN5O6. The van der Waals surface area contributed by atoms with Crippen molar-refractivity contribution >= 4 is 23.5 Å². The predicted octanol–water partition coefficient (Wildman–Crippen LogP) is 6.31. The van der Waals surface area contributed by atoms with Crippen molar-refractivity contribution in [2.75, 3.05) is 50.3 Å². The third-order valence-electron chi connectivity index (χ3n) is 7.11. The van der Waals surface area contributed by atoms with Gasteiger partial charge in [-0.15, -0.1) is 0 Å². The minimum absolute atomic E-state index is 0.00482. The van der Waals surface area contributed by atoms with Crippen molar-refractivity contribution < 1.29 is 32.6 Å². The molecule has 0 spiro atoms. The average molecular weight is 628 g/mol. The molecule has 0 radical (unpaired) electrons. The predicted molar refractivity (Wildman–Crippen MR) is 169 cm³/mol. The molecule has 0 atom stereocenters. The Labute approximate surface area is 266 Å². The topological polar surface area (TPSA) is 130 Å². The first kappa shape index (κ1) is 32.0. The Kier molecular flexibility index (Phi) is 9.53. The summed E-state index contributed by atoms with van der Waals surface area (Å²) in [5, 5.41) is 13.0. The number of hydrogen-bond donors (Lipinski definition) is 1. The van der Waals surface area contributed by atoms with Gasteiger partial charge >= 0.3 is 6.09 Å². The Morgan fingerprint density at radius 1 is 1.04 bits per heavy atom. The Morgan fingerprint density at radius 2 is 1.83 bits per heavy atom. The molecule has 2 aromatic heterocycles. The van der Waals surface area contributed by atoms with Crippen LogP contribution in [0.5, 0.6) is 5.75 Å². The summed E-state index contributed by atoms with van der Waals surface area (Å²) < 4.78 is 35.7. The van der Waals surface area contributed by atoms with Crippen LogP contribution in [-0.4, -0.2) is 67.6 Å². The van der Waals surface area contributed by atoms with Crippen LogP contribution in [0, 0.1) is 17.1 Å². The summed E-state index contributed by atoms with van der Waals surface area (Å²) in [7, 11) is 1.45. The van der Waals surface area contributed by atoms with Crippen molar-refractivity contribution in [2.45, 2.75) is 26.4 Å². The number of nitrogens with zero attached hydrogens (tertiary/aromatic N) is 4. The lowest BCUT2D eigenvalue weighted by Gasteiger charge is -2.37. The van der Waals surface area contributed by atoms with Crippen molar-refractivity contribution in [2.24, 2.45) is 0 Å². The third-order valence-corrected chi connectivity index (χ3v) is 7.11. The first-order chi connectivity index (χ1) is 22.1. The Balaban J connectivity index is 1.53. The van der Waals surface area contributed by atoms with Gasteiger partial charge in [-0.2, -0.15) is 5.26 Å². The second-order valence-corrected chi connectivity index (χ2v) is 11.5. The van der Waals surface area contributed by atoms with E-state index >= 15 is 0 Å². The number of furan rings is 1. The molecule has 0 saturated carbocycles. The summed E-state index contributed by atoms with van der Waals surface area (Å²) in [5.74, 6) is -0.908. The number of pyridine rings is 1. The SMILES string of the molecule is COCOc1cc(F)ccc1-c1cc(-c2cccc(N3CCN(C(=O)OC(C)(C)C)CC3)c2)c(C#N)c(NC(=O)c2ccco2)n1. The maximum atomic E-state index is 14.2. The molecule has 2 amide bonds. The molecule has 0 bridgehead atoms. The number of nitrogens with one attached hydrogen (secondary N) is 1. The average Bonchev–Trinajstić information content (AvgIpc) is 3.58. The van der Waals surface area contributed by atoms with E-state index in [-0.39, 0.29) is 35.8 Å². The van der Waals surface area contributed by atoms with Crippen molar-refractivity contribution in [1.82, 2.24) is 9.88 Å². The smallest absolute Gasteiger partial charge is 0.410 e. The summed E-state index contributed by atoms with van der Waals surface area (Å²) >= 11 is 0. The monoisotopic (exact) mass is 627 g/mol. The number of carbonyl (C=O) groups excluding carboxylic acids is 2. The van der Waals surface area contributed by atoms with E-state index in [4.69, 9.17) is 18.6 Å². The molecule has 3 heterocycles. The van der Waals surface area contributed by atoms with Gasteiger partial charge in [-0.3, -0.25) is 4.79 Å². The van der Waals surface area contributed by atoms with Gasteiger partial charge in [0.25, 0.3) is 5.91 Å². The number of methoxy groups -OCH3 is 1. The minimum Gasteiger partial charge on any atom is -0.467 e. The number of halogens is 1. The fourth-order valence-electron chi connectivity index (χ4n) is 4.98. The summed E-state index contributed by atoms with van der Waals surface area (Å²) in [6.45, 7) is 7.51. The molecule has 1 fully saturated rings. The molecule has 1 aliphatic rings. The molecule has 12 heteroatoms. The number of rotatable bonds is 8. The molecule has 1 saturated heterocycles. The maximum absolute atomic E-state index is 14.2. The lowest BCUT2D eigenvalue weighted by atomic mass is 9.97. The standard InChI is InChI=1S/C34H34FN5O6/c1-34(2,3)46-33(42)40-14-12-39(13-15-40)24-8-5-7-22(17-24)26-19-28(25-11-10-23(35)18-30(25)45-21-43-4)37-31(27(26)20-36)38-32(41)29-9-6-16-44-29/h5-11,16-19H,12-15,21H2,1-4H3,(H,37,38,41). The molecule has 4 aromatic rings. The van der Waals surface area contributed by atoms with Crippen LogP contribution in [0.25, 0.3) is 22.4 Å². The van der Waals surface area contributed by atoms with Gasteiger partial charge in [-0.25, -0.2) is 14.2 Å². The van der Waals surface area contributed by atoms with Crippen LogP contribution in [0.2, 0.25) is 0 Å². The molecule has 1 aliphatic heterocycles. The molecule has 238 valence electrons. The number of ether oxygens (including phenoxy) is 3. The second kappa shape index (κ2) is 13.7. The highest BCUT2D eigenvalue weighted by Crippen LogP contribution is 2.37. The van der Waals surface area contributed by atoms with Gasteiger partial charge in [0.2, 0.25) is 0 Å². The fraction of sp³-hybridized carbons (Fsp3) is 0.294. The first-order valence-electron chi connectivity index (χ1n) is 14.6. The summed E-state index contributed by atoms with van der Waals surface area (Å²) in [6.07, 6.45) is 1.02. The highest BCUT2D eigenvalue weighted by atomic mass is 19.1. The van der Waals surface area contributed by atoms with Crippen LogP contribution in [0.1, 0.15) is 36.9 Å². The van der Waals surface area contributed by atoms with E-state index < -0.39 is 17.3 Å². The summed E-state index contributed by atoms with van der Waals surface area (Å²) in [5.41, 5.74) is 2.34. The number of benzene rings is 2. The molecule has 2 aromatic carbocycles. The molecule has 0 aliphatic carbocycles. The van der Waals surface area contributed by atoms with Crippen LogP contribution in [0.15, 0.2) is 71.3 Å². The van der Waals surface area contributed by atoms with Gasteiger partial charge in [0.05, 0.1) is 12.0 Å². The Morgan fingerprint density at radius 3 is 2.50 bits per heavy atom. The van der Waals surface area contributed by atoms with E-state index in [9.17, 15) is 19.2 Å². The van der Waals surface area contributed by atoms with Gasteiger partial charge < -0.3 is 33.7 Å². The van der Waals surface area contributed by atoms with Crippen LogP contribution in [0.3, 0.4) is 0 Å². The molecule has 1 N–H and O–H groups in total. The third kappa shape index (κ3) is 7.44. The normalized spacial score (nSPS) is 13.2. The lowest BCUT2D eigenvalue weighted by Crippen LogP contribution is -2.50. The van der Waals surface area contributed by atoms with Gasteiger partial charge in [0.1, 0.15) is 28.8 Å². The van der Waals surface area contributed by atoms with Crippen LogP contribution in [-0.2, 0) is 9.47 Å². The number of hydrogen-bond acceptors (Lipinski definition) is 9. The largest absolute Gasteiger partial charge is 0.467 e. The van der Waals surface area contributed by atoms with Gasteiger partial charge in [0, 0.05) is 56.2 Å². The summed E-state index contributed by atoms with van der Waals surface area (Å²) in [4.78, 5) is 34.0. The van der Waals surface area contributed by atoms with Crippen molar-refractivity contribution in [3.63, 3.8) is 0 Å². The van der Waals surface area contributed by atoms with Gasteiger partial charge in [-0.1, -0.05) is 12.1 Å². The fourth-order valence-corrected chi connectivity index (χ4v) is 4.98. The van der Waals surface area contributed by atoms with E-state index in [1.807, 2.05) is 45.0 Å². The van der Waals surface area contributed by atoms with E-state index in [0.29, 0.717) is 48.6 Å². The van der Waals surface area contributed by atoms with Crippen LogP contribution >= 0.6 is 0 Å². The maximum Gasteiger partial charge on any atom is 0.410 e. The van der Waals surface area contributed by atoms with Gasteiger partial charge in [-0.05, 0) is 68.8 Å². The molecule has 46 heavy (non-hydrogen) atoms. The zero-order chi connectivity index (χ0) is 32.8. The second-order valence-electron chi connectivity index (χ2n) is 11.5. The number of piperazine rings is 1. The molecule has 11 nitrogen and oxygen atoms in total. The van der Waals surface area contributed by atoms with Gasteiger partial charge in [0.15, 0.2) is 18.4 Å². The molecule has 0 unspecified atom stereocenters. The van der Waals surface area contributed by atoms with Crippen molar-refractivity contribution in [3.05, 3.63) is 84.1 Å². The quantitative estimate of drug-likeness (QED) is 0.223. The highest BCUT2D eigenvalue weighted by Gasteiger charge is 2.27. The summed E-state index contributed by atoms with van der Waals surface area (Å²) in [6, 6.07) is 18.6. The number of aromatic nitrogens is 1. The molecule has 5 rings (SSSR count). The lowest BCUT2D eigenvalue weighted by molar-refractivity contribution is 0.0240. The van der Waals surface area contributed by atoms with Crippen LogP contribution < -0.4 is 15.0 Å². The van der Waals surface area contributed by atoms with E-state index in [0.717, 1.165) is 5.69 Å². The van der Waals surface area contributed by atoms with Crippen molar-refractivity contribution in [3.8, 4) is 34.2 Å².